The van der Waals surface area contributed by atoms with Crippen molar-refractivity contribution in [1.82, 2.24) is 5.32 Å². The molecular formula is C77H151NO5. The number of esters is 1. The van der Waals surface area contributed by atoms with E-state index in [0.29, 0.717) is 19.4 Å². The van der Waals surface area contributed by atoms with Gasteiger partial charge >= 0.3 is 5.97 Å². The molecule has 0 aromatic rings. The average Bonchev–Trinajstić information content (AvgIpc) is 3.49. The van der Waals surface area contributed by atoms with E-state index in [1.54, 1.807) is 6.08 Å². The van der Waals surface area contributed by atoms with Gasteiger partial charge in [0.25, 0.3) is 0 Å². The first-order chi connectivity index (χ1) is 41.0. The molecule has 0 saturated heterocycles. The van der Waals surface area contributed by atoms with Crippen LogP contribution in [0.3, 0.4) is 0 Å². The molecule has 0 rings (SSSR count). The second kappa shape index (κ2) is 73.1. The maximum Gasteiger partial charge on any atom is 0.305 e. The number of ether oxygens (including phenoxy) is 1. The average molecular weight is 1170 g/mol. The number of nitrogens with one attached hydrogen (secondary N) is 1. The van der Waals surface area contributed by atoms with Crippen LogP contribution < -0.4 is 5.32 Å². The van der Waals surface area contributed by atoms with Gasteiger partial charge in [0, 0.05) is 12.8 Å². The Kier molecular flexibility index (Phi) is 71.8. The first kappa shape index (κ1) is 81.6. The predicted molar refractivity (Wildman–Crippen MR) is 366 cm³/mol. The molecule has 0 aliphatic carbocycles. The highest BCUT2D eigenvalue weighted by Gasteiger charge is 2.18. The zero-order valence-corrected chi connectivity index (χ0v) is 56.7. The Bertz CT molecular complexity index is 1260. The van der Waals surface area contributed by atoms with E-state index in [1.807, 2.05) is 6.08 Å². The number of amides is 1. The number of rotatable bonds is 73. The van der Waals surface area contributed by atoms with Crippen molar-refractivity contribution in [2.75, 3.05) is 13.2 Å². The van der Waals surface area contributed by atoms with Crippen LogP contribution in [0.4, 0.5) is 0 Å². The molecule has 2 atom stereocenters. The van der Waals surface area contributed by atoms with Crippen molar-refractivity contribution in [1.29, 1.82) is 0 Å². The summed E-state index contributed by atoms with van der Waals surface area (Å²) in [6, 6.07) is -0.627. The molecular weight excluding hydrogens is 1020 g/mol. The van der Waals surface area contributed by atoms with Gasteiger partial charge in [-0.1, -0.05) is 411 Å². The monoisotopic (exact) mass is 1170 g/mol. The van der Waals surface area contributed by atoms with E-state index in [0.717, 1.165) is 38.5 Å². The quantitative estimate of drug-likeness (QED) is 0.0320. The first-order valence-corrected chi connectivity index (χ1v) is 38.5. The molecule has 83 heavy (non-hydrogen) atoms. The van der Waals surface area contributed by atoms with Crippen molar-refractivity contribution in [3.63, 3.8) is 0 Å². The van der Waals surface area contributed by atoms with Crippen LogP contribution in [-0.2, 0) is 14.3 Å². The minimum Gasteiger partial charge on any atom is -0.466 e. The number of unbranched alkanes of at least 4 members (excludes halogenated alkanes) is 62. The lowest BCUT2D eigenvalue weighted by Crippen LogP contribution is -2.45. The van der Waals surface area contributed by atoms with E-state index in [-0.39, 0.29) is 18.5 Å². The molecule has 0 heterocycles. The van der Waals surface area contributed by atoms with Gasteiger partial charge in [0.05, 0.1) is 25.4 Å². The van der Waals surface area contributed by atoms with Gasteiger partial charge in [-0.05, 0) is 32.1 Å². The molecule has 2 unspecified atom stereocenters. The third-order valence-corrected chi connectivity index (χ3v) is 18.3. The lowest BCUT2D eigenvalue weighted by atomic mass is 10.0. The van der Waals surface area contributed by atoms with Gasteiger partial charge in [-0.15, -0.1) is 0 Å². The van der Waals surface area contributed by atoms with Crippen LogP contribution in [0.2, 0.25) is 0 Å². The fraction of sp³-hybridized carbons (Fsp3) is 0.948. The fourth-order valence-corrected chi connectivity index (χ4v) is 12.5. The standard InChI is InChI=1S/C77H151NO5/c1-3-5-7-9-11-13-15-17-19-20-21-22-23-29-32-35-38-42-45-49-53-57-61-65-69-75(80)74(73-79)78-76(81)70-66-62-58-54-50-46-43-39-36-33-30-27-25-24-26-28-31-34-37-40-44-48-52-56-60-64-68-72-83-77(82)71-67-63-59-55-51-47-41-18-16-14-12-10-8-6-4-2/h65,69,74-75,79-80H,3-64,66-68,70-73H2,1-2H3,(H,78,81)/b69-65+. The summed E-state index contributed by atoms with van der Waals surface area (Å²) in [6.45, 7) is 4.96. The topological polar surface area (TPSA) is 95.9 Å². The lowest BCUT2D eigenvalue weighted by Gasteiger charge is -2.20. The van der Waals surface area contributed by atoms with Gasteiger partial charge in [-0.2, -0.15) is 0 Å². The maximum absolute atomic E-state index is 12.5. The second-order valence-electron chi connectivity index (χ2n) is 26.7. The molecule has 0 saturated carbocycles. The zero-order valence-electron chi connectivity index (χ0n) is 56.7. The van der Waals surface area contributed by atoms with Crippen LogP contribution in [0.1, 0.15) is 444 Å². The Hall–Kier alpha value is -1.40. The molecule has 0 aromatic carbocycles. The highest BCUT2D eigenvalue weighted by atomic mass is 16.5. The molecule has 3 N–H and O–H groups in total. The summed E-state index contributed by atoms with van der Waals surface area (Å²) in [7, 11) is 0. The van der Waals surface area contributed by atoms with Crippen LogP contribution in [0.25, 0.3) is 0 Å². The molecule has 494 valence electrons. The van der Waals surface area contributed by atoms with Crippen LogP contribution in [0.5, 0.6) is 0 Å². The Balaban J connectivity index is 3.37. The molecule has 1 amide bonds. The summed E-state index contributed by atoms with van der Waals surface area (Å²) in [5.41, 5.74) is 0. The molecule has 0 bridgehead atoms. The molecule has 0 aromatic heterocycles. The SMILES string of the molecule is CCCCCCCCCCCCCCCCCCCCCCCC/C=C/C(O)C(CO)NC(=O)CCCCCCCCCCCCCCCCCCCCCCCCCCCCCOC(=O)CCCCCCCCCCCCCCCCC. The zero-order chi connectivity index (χ0) is 59.9. The van der Waals surface area contributed by atoms with Crippen LogP contribution >= 0.6 is 0 Å². The first-order valence-electron chi connectivity index (χ1n) is 38.5. The third-order valence-electron chi connectivity index (χ3n) is 18.3. The van der Waals surface area contributed by atoms with Gasteiger partial charge in [0.1, 0.15) is 0 Å². The number of aliphatic hydroxyl groups excluding tert-OH is 2. The van der Waals surface area contributed by atoms with E-state index in [1.165, 1.54) is 379 Å². The number of aliphatic hydroxyl groups is 2. The number of allylic oxidation sites excluding steroid dienone is 1. The summed E-state index contributed by atoms with van der Waals surface area (Å²) >= 11 is 0. The Morgan fingerprint density at radius 3 is 0.819 bits per heavy atom. The number of carbonyl (C=O) groups is 2. The number of carbonyl (C=O) groups excluding carboxylic acids is 2. The van der Waals surface area contributed by atoms with Gasteiger partial charge < -0.3 is 20.3 Å². The summed E-state index contributed by atoms with van der Waals surface area (Å²) in [5, 5.41) is 23.3. The van der Waals surface area contributed by atoms with E-state index >= 15 is 0 Å². The predicted octanol–water partition coefficient (Wildman–Crippen LogP) is 25.1. The molecule has 6 heteroatoms. The second-order valence-corrected chi connectivity index (χ2v) is 26.7. The summed E-state index contributed by atoms with van der Waals surface area (Å²) < 4.78 is 5.50. The van der Waals surface area contributed by atoms with Crippen molar-refractivity contribution in [3.05, 3.63) is 12.2 Å². The molecule has 0 aliphatic rings. The van der Waals surface area contributed by atoms with Gasteiger partial charge in [-0.3, -0.25) is 9.59 Å². The molecule has 0 aliphatic heterocycles. The van der Waals surface area contributed by atoms with Gasteiger partial charge in [0.2, 0.25) is 5.91 Å². The third kappa shape index (κ3) is 69.6. The molecule has 0 spiro atoms. The molecule has 6 nitrogen and oxygen atoms in total. The Morgan fingerprint density at radius 2 is 0.554 bits per heavy atom. The fourth-order valence-electron chi connectivity index (χ4n) is 12.5. The van der Waals surface area contributed by atoms with E-state index in [2.05, 4.69) is 19.2 Å². The highest BCUT2D eigenvalue weighted by Crippen LogP contribution is 2.20. The Labute approximate surface area is 520 Å². The van der Waals surface area contributed by atoms with Crippen LogP contribution in [0.15, 0.2) is 12.2 Å². The van der Waals surface area contributed by atoms with Crippen molar-refractivity contribution in [2.24, 2.45) is 0 Å². The van der Waals surface area contributed by atoms with Crippen molar-refractivity contribution in [2.45, 2.75) is 456 Å². The minimum absolute atomic E-state index is 0.0219. The minimum atomic E-state index is -0.843. The number of hydrogen-bond acceptors (Lipinski definition) is 5. The van der Waals surface area contributed by atoms with Crippen LogP contribution in [0, 0.1) is 0 Å². The van der Waals surface area contributed by atoms with Crippen molar-refractivity contribution in [3.8, 4) is 0 Å². The summed E-state index contributed by atoms with van der Waals surface area (Å²) in [6.07, 6.45) is 91.8. The van der Waals surface area contributed by atoms with E-state index in [9.17, 15) is 19.8 Å². The van der Waals surface area contributed by atoms with Crippen molar-refractivity contribution >= 4 is 11.9 Å². The number of hydrogen-bond donors (Lipinski definition) is 3. The van der Waals surface area contributed by atoms with Crippen molar-refractivity contribution < 1.29 is 24.5 Å². The smallest absolute Gasteiger partial charge is 0.305 e. The van der Waals surface area contributed by atoms with E-state index in [4.69, 9.17) is 4.74 Å². The maximum atomic E-state index is 12.5. The summed E-state index contributed by atoms with van der Waals surface area (Å²) in [5.74, 6) is -0.0377. The molecule has 0 radical (unpaired) electrons. The molecule has 0 fully saturated rings. The van der Waals surface area contributed by atoms with Crippen LogP contribution in [-0.4, -0.2) is 47.4 Å². The van der Waals surface area contributed by atoms with Gasteiger partial charge in [0.15, 0.2) is 0 Å². The summed E-state index contributed by atoms with van der Waals surface area (Å²) in [4.78, 5) is 24.6. The lowest BCUT2D eigenvalue weighted by molar-refractivity contribution is -0.143. The normalized spacial score (nSPS) is 12.5. The van der Waals surface area contributed by atoms with E-state index < -0.39 is 12.1 Å². The Morgan fingerprint density at radius 1 is 0.325 bits per heavy atom. The highest BCUT2D eigenvalue weighted by molar-refractivity contribution is 5.76. The van der Waals surface area contributed by atoms with Gasteiger partial charge in [-0.25, -0.2) is 0 Å². The largest absolute Gasteiger partial charge is 0.466 e.